The van der Waals surface area contributed by atoms with Gasteiger partial charge in [-0.3, -0.25) is 4.90 Å². The number of hydrogen-bond donors (Lipinski definition) is 1. The van der Waals surface area contributed by atoms with E-state index in [9.17, 15) is 5.21 Å². The third kappa shape index (κ3) is 1.65. The van der Waals surface area contributed by atoms with Gasteiger partial charge in [0, 0.05) is 29.6 Å². The van der Waals surface area contributed by atoms with Gasteiger partial charge in [-0.1, -0.05) is 28.9 Å². The zero-order valence-corrected chi connectivity index (χ0v) is 11.4. The zero-order chi connectivity index (χ0) is 13.0. The molecule has 4 bridgehead atoms. The van der Waals surface area contributed by atoms with Crippen LogP contribution in [0.1, 0.15) is 30.7 Å². The van der Waals surface area contributed by atoms with Crippen LogP contribution in [-0.2, 0) is 0 Å². The van der Waals surface area contributed by atoms with Crippen LogP contribution in [0.2, 0.25) is 5.02 Å². The topological polar surface area (TPSA) is 35.8 Å². The highest BCUT2D eigenvalue weighted by molar-refractivity contribution is 6.30. The van der Waals surface area contributed by atoms with Gasteiger partial charge in [0.15, 0.2) is 0 Å². The van der Waals surface area contributed by atoms with Crippen LogP contribution in [-0.4, -0.2) is 34.4 Å². The lowest BCUT2D eigenvalue weighted by atomic mass is 9.77. The summed E-state index contributed by atoms with van der Waals surface area (Å²) in [6.45, 7) is 0.862. The maximum atomic E-state index is 9.29. The molecular weight excluding hydrogens is 260 g/mol. The van der Waals surface area contributed by atoms with Crippen LogP contribution in [0.25, 0.3) is 0 Å². The summed E-state index contributed by atoms with van der Waals surface area (Å²) in [5, 5.41) is 13.7. The first-order chi connectivity index (χ1) is 9.28. The standard InChI is InChI=1S/C15H17ClN2O/c16-10-3-1-9(2-4-10)12-7-11-5-6-14-15(12)13(17-19)8-18(11)14/h1-4,11-12,14-15,19H,5-8H2/t11-,12+,14+,15-/m0/s1. The van der Waals surface area contributed by atoms with Gasteiger partial charge in [-0.25, -0.2) is 0 Å². The molecule has 1 aromatic rings. The number of hydrogen-bond acceptors (Lipinski definition) is 3. The maximum Gasteiger partial charge on any atom is 0.0763 e. The van der Waals surface area contributed by atoms with Gasteiger partial charge < -0.3 is 5.21 Å². The normalized spacial score (nSPS) is 41.9. The number of oxime groups is 1. The van der Waals surface area contributed by atoms with E-state index in [1.807, 2.05) is 12.1 Å². The summed E-state index contributed by atoms with van der Waals surface area (Å²) in [4.78, 5) is 2.55. The lowest BCUT2D eigenvalue weighted by Gasteiger charge is -2.36. The highest BCUT2D eigenvalue weighted by atomic mass is 35.5. The fourth-order valence-corrected chi connectivity index (χ4v) is 4.58. The fourth-order valence-electron chi connectivity index (χ4n) is 4.46. The Kier molecular flexibility index (Phi) is 2.61. The Balaban J connectivity index is 1.74. The minimum atomic E-state index is 0.393. The van der Waals surface area contributed by atoms with E-state index < -0.39 is 0 Å². The van der Waals surface area contributed by atoms with E-state index in [2.05, 4.69) is 22.2 Å². The highest BCUT2D eigenvalue weighted by Crippen LogP contribution is 2.51. The van der Waals surface area contributed by atoms with Gasteiger partial charge in [0.2, 0.25) is 0 Å². The Morgan fingerprint density at radius 3 is 2.74 bits per heavy atom. The smallest absolute Gasteiger partial charge is 0.0763 e. The predicted octanol–water partition coefficient (Wildman–Crippen LogP) is 3.12. The molecule has 3 saturated heterocycles. The highest BCUT2D eigenvalue weighted by Gasteiger charge is 2.54. The molecule has 4 rings (SSSR count). The molecule has 5 atom stereocenters. The summed E-state index contributed by atoms with van der Waals surface area (Å²) < 4.78 is 0. The lowest BCUT2D eigenvalue weighted by molar-refractivity contribution is 0.154. The third-order valence-electron chi connectivity index (χ3n) is 5.22. The summed E-state index contributed by atoms with van der Waals surface area (Å²) in [6, 6.07) is 9.46. The molecule has 0 aliphatic carbocycles. The number of rotatable bonds is 1. The van der Waals surface area contributed by atoms with Crippen molar-refractivity contribution >= 4 is 17.3 Å². The summed E-state index contributed by atoms with van der Waals surface area (Å²) >= 11 is 5.98. The minimum absolute atomic E-state index is 0.393. The van der Waals surface area contributed by atoms with Crippen LogP contribution in [0.15, 0.2) is 29.4 Å². The van der Waals surface area contributed by atoms with E-state index in [-0.39, 0.29) is 0 Å². The van der Waals surface area contributed by atoms with Crippen LogP contribution in [0.5, 0.6) is 0 Å². The monoisotopic (exact) mass is 276 g/mol. The second-order valence-corrected chi connectivity index (χ2v) is 6.42. The van der Waals surface area contributed by atoms with Gasteiger partial charge in [-0.05, 0) is 42.9 Å². The molecule has 0 spiro atoms. The average molecular weight is 277 g/mol. The molecule has 4 heteroatoms. The van der Waals surface area contributed by atoms with Gasteiger partial charge >= 0.3 is 0 Å². The molecular formula is C15H17ClN2O. The number of piperidine rings is 1. The molecule has 0 saturated carbocycles. The van der Waals surface area contributed by atoms with Crippen molar-refractivity contribution in [2.45, 2.75) is 37.3 Å². The van der Waals surface area contributed by atoms with E-state index >= 15 is 0 Å². The molecule has 3 aliphatic rings. The average Bonchev–Trinajstić information content (AvgIpc) is 2.85. The van der Waals surface area contributed by atoms with Crippen LogP contribution in [0.4, 0.5) is 0 Å². The third-order valence-corrected chi connectivity index (χ3v) is 5.47. The van der Waals surface area contributed by atoms with E-state index in [0.29, 0.717) is 23.9 Å². The van der Waals surface area contributed by atoms with Crippen LogP contribution >= 0.6 is 11.6 Å². The summed E-state index contributed by atoms with van der Waals surface area (Å²) in [6.07, 6.45) is 3.73. The van der Waals surface area contributed by atoms with Crippen molar-refractivity contribution in [2.75, 3.05) is 6.54 Å². The molecule has 1 aromatic carbocycles. The summed E-state index contributed by atoms with van der Waals surface area (Å²) in [7, 11) is 0. The van der Waals surface area contributed by atoms with Crippen molar-refractivity contribution < 1.29 is 5.21 Å². The van der Waals surface area contributed by atoms with Gasteiger partial charge in [0.25, 0.3) is 0 Å². The molecule has 19 heavy (non-hydrogen) atoms. The lowest BCUT2D eigenvalue weighted by Crippen LogP contribution is -2.40. The van der Waals surface area contributed by atoms with Gasteiger partial charge in [-0.15, -0.1) is 0 Å². The van der Waals surface area contributed by atoms with Crippen molar-refractivity contribution in [3.05, 3.63) is 34.9 Å². The molecule has 3 aliphatic heterocycles. The van der Waals surface area contributed by atoms with Gasteiger partial charge in [0.05, 0.1) is 5.71 Å². The molecule has 3 heterocycles. The first kappa shape index (κ1) is 11.7. The van der Waals surface area contributed by atoms with Crippen molar-refractivity contribution in [3.63, 3.8) is 0 Å². The fraction of sp³-hybridized carbons (Fsp3) is 0.533. The van der Waals surface area contributed by atoms with Crippen molar-refractivity contribution in [1.82, 2.24) is 4.90 Å². The number of nitrogens with zero attached hydrogens (tertiary/aromatic N) is 2. The Morgan fingerprint density at radius 2 is 2.00 bits per heavy atom. The maximum absolute atomic E-state index is 9.29. The molecule has 3 fully saturated rings. The number of benzene rings is 1. The first-order valence-corrected chi connectivity index (χ1v) is 7.38. The second kappa shape index (κ2) is 4.22. The SMILES string of the molecule is ON=C1CN2[C@H]3CC[C@@H]2[C@H]1[C@@H](c1ccc(Cl)cc1)C3. The number of halogens is 1. The largest absolute Gasteiger partial charge is 0.411 e. The van der Waals surface area contributed by atoms with Crippen LogP contribution in [0, 0.1) is 5.92 Å². The Bertz CT molecular complexity index is 527. The van der Waals surface area contributed by atoms with E-state index in [1.54, 1.807) is 0 Å². The van der Waals surface area contributed by atoms with Crippen LogP contribution in [0.3, 0.4) is 0 Å². The Hall–Kier alpha value is -1.06. The molecule has 0 amide bonds. The molecule has 1 N–H and O–H groups in total. The van der Waals surface area contributed by atoms with Crippen molar-refractivity contribution in [3.8, 4) is 0 Å². The first-order valence-electron chi connectivity index (χ1n) is 7.00. The molecule has 0 aromatic heterocycles. The zero-order valence-electron chi connectivity index (χ0n) is 10.7. The predicted molar refractivity (Wildman–Crippen MR) is 75.0 cm³/mol. The molecule has 0 radical (unpaired) electrons. The molecule has 3 nitrogen and oxygen atoms in total. The minimum Gasteiger partial charge on any atom is -0.411 e. The van der Waals surface area contributed by atoms with Crippen molar-refractivity contribution in [1.29, 1.82) is 0 Å². The van der Waals surface area contributed by atoms with Gasteiger partial charge in [0.1, 0.15) is 0 Å². The molecule has 1 unspecified atom stereocenters. The van der Waals surface area contributed by atoms with E-state index in [1.165, 1.54) is 24.8 Å². The van der Waals surface area contributed by atoms with Crippen LogP contribution < -0.4 is 0 Å². The quantitative estimate of drug-likeness (QED) is 0.632. The summed E-state index contributed by atoms with van der Waals surface area (Å²) in [5.74, 6) is 0.879. The van der Waals surface area contributed by atoms with E-state index in [4.69, 9.17) is 11.6 Å². The van der Waals surface area contributed by atoms with Crippen molar-refractivity contribution in [2.24, 2.45) is 11.1 Å². The summed E-state index contributed by atoms with van der Waals surface area (Å²) in [5.41, 5.74) is 2.32. The Labute approximate surface area is 117 Å². The second-order valence-electron chi connectivity index (χ2n) is 5.98. The molecule has 100 valence electrons. The Morgan fingerprint density at radius 1 is 1.21 bits per heavy atom. The van der Waals surface area contributed by atoms with E-state index in [0.717, 1.165) is 17.3 Å². The van der Waals surface area contributed by atoms with Gasteiger partial charge in [-0.2, -0.15) is 0 Å².